The third kappa shape index (κ3) is 4.44. The monoisotopic (exact) mass is 394 g/mol. The first kappa shape index (κ1) is 19.7. The number of amides is 1. The van der Waals surface area contributed by atoms with Gasteiger partial charge < -0.3 is 19.0 Å². The lowest BCUT2D eigenvalue weighted by Gasteiger charge is -2.08. The first-order chi connectivity index (χ1) is 14.0. The molecule has 8 heteroatoms. The number of nitrogens with one attached hydrogen (secondary N) is 1. The molecule has 0 bridgehead atoms. The zero-order valence-electron chi connectivity index (χ0n) is 15.7. The van der Waals surface area contributed by atoms with E-state index in [1.165, 1.54) is 26.5 Å². The van der Waals surface area contributed by atoms with Crippen molar-refractivity contribution < 1.29 is 28.6 Å². The lowest BCUT2D eigenvalue weighted by Crippen LogP contribution is -2.18. The van der Waals surface area contributed by atoms with Crippen LogP contribution in [-0.4, -0.2) is 37.4 Å². The zero-order chi connectivity index (χ0) is 20.8. The molecule has 0 aliphatic heterocycles. The summed E-state index contributed by atoms with van der Waals surface area (Å²) in [6.45, 7) is 0. The van der Waals surface area contributed by atoms with Gasteiger partial charge in [0.2, 0.25) is 0 Å². The van der Waals surface area contributed by atoms with Crippen molar-refractivity contribution in [2.45, 2.75) is 0 Å². The lowest BCUT2D eigenvalue weighted by atomic mass is 10.1. The van der Waals surface area contributed by atoms with Gasteiger partial charge in [0, 0.05) is 11.6 Å². The first-order valence-corrected chi connectivity index (χ1v) is 8.51. The highest BCUT2D eigenvalue weighted by molar-refractivity contribution is 5.98. The van der Waals surface area contributed by atoms with Crippen molar-refractivity contribution >= 4 is 18.1 Å². The number of nitrogens with zero attached hydrogens (tertiary/aromatic N) is 1. The predicted octanol–water partition coefficient (Wildman–Crippen LogP) is 3.43. The van der Waals surface area contributed by atoms with Crippen molar-refractivity contribution in [3.05, 3.63) is 71.5 Å². The molecule has 1 aromatic heterocycles. The molecule has 1 amide bonds. The van der Waals surface area contributed by atoms with E-state index in [0.717, 1.165) is 0 Å². The summed E-state index contributed by atoms with van der Waals surface area (Å²) in [5.41, 5.74) is 3.27. The Labute approximate surface area is 166 Å². The van der Waals surface area contributed by atoms with Gasteiger partial charge in [0.25, 0.3) is 5.91 Å². The Morgan fingerprint density at radius 3 is 2.55 bits per heavy atom. The van der Waals surface area contributed by atoms with Crippen molar-refractivity contribution in [3.8, 4) is 22.8 Å². The molecular weight excluding hydrogens is 376 g/mol. The molecule has 8 nitrogen and oxygen atoms in total. The molecule has 0 radical (unpaired) electrons. The van der Waals surface area contributed by atoms with Crippen LogP contribution in [0.1, 0.15) is 26.5 Å². The molecule has 29 heavy (non-hydrogen) atoms. The fourth-order valence-corrected chi connectivity index (χ4v) is 2.65. The highest BCUT2D eigenvalue weighted by atomic mass is 16.5. The summed E-state index contributed by atoms with van der Waals surface area (Å²) in [4.78, 5) is 23.7. The summed E-state index contributed by atoms with van der Waals surface area (Å²) in [6.07, 6.45) is 1.32. The number of carboxylic acid groups (broad SMARTS) is 1. The second-order valence-corrected chi connectivity index (χ2v) is 5.82. The molecule has 2 N–H and O–H groups in total. The minimum absolute atomic E-state index is 0.130. The standard InChI is InChI=1S/C21H18N2O6/c1-27-13-7-9-17(19(11-13)28-2)20(24)23-22-12-14-8-10-18(29-14)15-5-3-4-6-16(15)21(25)26/h3-12H,1-2H3,(H,23,24)(H,25,26)/b22-12-. The van der Waals surface area contributed by atoms with Gasteiger partial charge in [-0.05, 0) is 30.3 Å². The van der Waals surface area contributed by atoms with Gasteiger partial charge in [0.1, 0.15) is 23.0 Å². The van der Waals surface area contributed by atoms with Crippen LogP contribution in [-0.2, 0) is 0 Å². The molecule has 0 spiro atoms. The highest BCUT2D eigenvalue weighted by Crippen LogP contribution is 2.26. The van der Waals surface area contributed by atoms with Crippen molar-refractivity contribution in [2.24, 2.45) is 5.10 Å². The molecule has 0 unspecified atom stereocenters. The molecule has 0 saturated heterocycles. The molecule has 0 saturated carbocycles. The summed E-state index contributed by atoms with van der Waals surface area (Å²) in [5.74, 6) is 0.126. The minimum Gasteiger partial charge on any atom is -0.497 e. The zero-order valence-corrected chi connectivity index (χ0v) is 15.7. The number of hydrogen-bond donors (Lipinski definition) is 2. The smallest absolute Gasteiger partial charge is 0.336 e. The molecule has 1 heterocycles. The van der Waals surface area contributed by atoms with Gasteiger partial charge in [-0.1, -0.05) is 18.2 Å². The van der Waals surface area contributed by atoms with E-state index in [2.05, 4.69) is 10.5 Å². The Hall–Kier alpha value is -4.07. The molecule has 0 aliphatic rings. The minimum atomic E-state index is -1.05. The molecule has 3 aromatic rings. The number of hydrazone groups is 1. The Balaban J connectivity index is 1.73. The summed E-state index contributed by atoms with van der Waals surface area (Å²) >= 11 is 0. The highest BCUT2D eigenvalue weighted by Gasteiger charge is 2.14. The number of aromatic carboxylic acids is 1. The van der Waals surface area contributed by atoms with Crippen LogP contribution in [0.15, 0.2) is 64.1 Å². The third-order valence-electron chi connectivity index (χ3n) is 4.06. The number of carbonyl (C=O) groups is 2. The van der Waals surface area contributed by atoms with Crippen LogP contribution in [0.5, 0.6) is 11.5 Å². The molecule has 2 aromatic carbocycles. The number of carboxylic acids is 1. The number of ether oxygens (including phenoxy) is 2. The normalized spacial score (nSPS) is 10.7. The maximum Gasteiger partial charge on any atom is 0.336 e. The van der Waals surface area contributed by atoms with Gasteiger partial charge in [-0.25, -0.2) is 10.2 Å². The van der Waals surface area contributed by atoms with E-state index in [4.69, 9.17) is 13.9 Å². The van der Waals surface area contributed by atoms with Crippen LogP contribution in [0, 0.1) is 0 Å². The number of benzene rings is 2. The topological polar surface area (TPSA) is 110 Å². The van der Waals surface area contributed by atoms with Gasteiger partial charge in [0.15, 0.2) is 0 Å². The van der Waals surface area contributed by atoms with Crippen molar-refractivity contribution in [2.75, 3.05) is 14.2 Å². The maximum atomic E-state index is 12.3. The maximum absolute atomic E-state index is 12.3. The van der Waals surface area contributed by atoms with E-state index in [1.54, 1.807) is 48.5 Å². The van der Waals surface area contributed by atoms with Crippen LogP contribution in [0.3, 0.4) is 0 Å². The average Bonchev–Trinajstić information content (AvgIpc) is 3.21. The molecule has 0 aliphatic carbocycles. The molecule has 0 fully saturated rings. The van der Waals surface area contributed by atoms with Crippen LogP contribution in [0.2, 0.25) is 0 Å². The largest absolute Gasteiger partial charge is 0.497 e. The molecular formula is C21H18N2O6. The van der Waals surface area contributed by atoms with E-state index in [0.29, 0.717) is 34.1 Å². The Morgan fingerprint density at radius 2 is 1.83 bits per heavy atom. The van der Waals surface area contributed by atoms with E-state index in [-0.39, 0.29) is 5.56 Å². The van der Waals surface area contributed by atoms with E-state index in [1.807, 2.05) is 0 Å². The first-order valence-electron chi connectivity index (χ1n) is 8.51. The van der Waals surface area contributed by atoms with E-state index < -0.39 is 11.9 Å². The summed E-state index contributed by atoms with van der Waals surface area (Å²) < 4.78 is 15.9. The number of hydrogen-bond acceptors (Lipinski definition) is 6. The summed E-state index contributed by atoms with van der Waals surface area (Å²) in [6, 6.07) is 14.6. The quantitative estimate of drug-likeness (QED) is 0.469. The number of carbonyl (C=O) groups excluding carboxylic acids is 1. The van der Waals surface area contributed by atoms with Crippen LogP contribution in [0.25, 0.3) is 11.3 Å². The average molecular weight is 394 g/mol. The number of furan rings is 1. The van der Waals surface area contributed by atoms with Crippen molar-refractivity contribution in [3.63, 3.8) is 0 Å². The van der Waals surface area contributed by atoms with Crippen molar-refractivity contribution in [1.29, 1.82) is 0 Å². The Kier molecular flexibility index (Phi) is 5.94. The van der Waals surface area contributed by atoms with Gasteiger partial charge in [-0.15, -0.1) is 0 Å². The van der Waals surface area contributed by atoms with E-state index >= 15 is 0 Å². The van der Waals surface area contributed by atoms with Crippen LogP contribution in [0.4, 0.5) is 0 Å². The molecule has 3 rings (SSSR count). The van der Waals surface area contributed by atoms with Gasteiger partial charge in [-0.2, -0.15) is 5.10 Å². The van der Waals surface area contributed by atoms with Crippen LogP contribution < -0.4 is 14.9 Å². The number of methoxy groups -OCH3 is 2. The lowest BCUT2D eigenvalue weighted by molar-refractivity contribution is 0.0697. The van der Waals surface area contributed by atoms with Crippen LogP contribution >= 0.6 is 0 Å². The fraction of sp³-hybridized carbons (Fsp3) is 0.0952. The second-order valence-electron chi connectivity index (χ2n) is 5.82. The predicted molar refractivity (Wildman–Crippen MR) is 106 cm³/mol. The Morgan fingerprint density at radius 1 is 1.03 bits per heavy atom. The van der Waals surface area contributed by atoms with Gasteiger partial charge in [-0.3, -0.25) is 4.79 Å². The van der Waals surface area contributed by atoms with Gasteiger partial charge in [0.05, 0.1) is 31.6 Å². The third-order valence-corrected chi connectivity index (χ3v) is 4.06. The second kappa shape index (κ2) is 8.75. The Bertz CT molecular complexity index is 1070. The molecule has 148 valence electrons. The summed E-state index contributed by atoms with van der Waals surface area (Å²) in [7, 11) is 2.97. The van der Waals surface area contributed by atoms with E-state index in [9.17, 15) is 14.7 Å². The van der Waals surface area contributed by atoms with Gasteiger partial charge >= 0.3 is 5.97 Å². The van der Waals surface area contributed by atoms with Crippen molar-refractivity contribution in [1.82, 2.24) is 5.43 Å². The fourth-order valence-electron chi connectivity index (χ4n) is 2.65. The SMILES string of the molecule is COc1ccc(C(=O)N/N=C\c2ccc(-c3ccccc3C(=O)O)o2)c(OC)c1. The summed E-state index contributed by atoms with van der Waals surface area (Å²) in [5, 5.41) is 13.2. The number of rotatable bonds is 7. The molecule has 0 atom stereocenters.